The predicted molar refractivity (Wildman–Crippen MR) is 95.4 cm³/mol. The lowest BCUT2D eigenvalue weighted by Gasteiger charge is -2.36. The molecule has 20 heavy (non-hydrogen) atoms. The number of aryl methyl sites for hydroxylation is 1. The highest BCUT2D eigenvalue weighted by atomic mass is 127. The first-order valence-corrected chi connectivity index (χ1v) is 10.9. The van der Waals surface area contributed by atoms with E-state index in [0.29, 0.717) is 6.61 Å². The van der Waals surface area contributed by atoms with Crippen LogP contribution >= 0.6 is 22.6 Å². The van der Waals surface area contributed by atoms with Gasteiger partial charge in [0, 0.05) is 12.4 Å². The van der Waals surface area contributed by atoms with Crippen LogP contribution in [0.15, 0.2) is 18.2 Å². The normalized spacial score (nSPS) is 13.2. The van der Waals surface area contributed by atoms with E-state index >= 15 is 0 Å². The Morgan fingerprint density at radius 3 is 2.55 bits per heavy atom. The second-order valence-electron chi connectivity index (χ2n) is 6.81. The summed E-state index contributed by atoms with van der Waals surface area (Å²) in [7, 11) is 0.296. The molecule has 0 aliphatic heterocycles. The summed E-state index contributed by atoms with van der Waals surface area (Å²) in [5.41, 5.74) is 2.40. The summed E-state index contributed by atoms with van der Waals surface area (Å²) in [6, 6.07) is 6.49. The monoisotopic (exact) mass is 402 g/mol. The van der Waals surface area contributed by atoms with Crippen LogP contribution in [0, 0.1) is 3.70 Å². The topological polar surface area (TPSA) is 27.1 Å². The molecule has 1 aromatic carbocycles. The van der Waals surface area contributed by atoms with E-state index in [1.54, 1.807) is 0 Å². The smallest absolute Gasteiger partial charge is 0.192 e. The third-order valence-electron chi connectivity index (χ3n) is 4.28. The van der Waals surface area contributed by atoms with E-state index in [1.807, 2.05) is 11.7 Å². The maximum absolute atomic E-state index is 6.28. The summed E-state index contributed by atoms with van der Waals surface area (Å²) in [5, 5.41) is 5.91. The molecule has 5 heteroatoms. The van der Waals surface area contributed by atoms with Gasteiger partial charge < -0.3 is 4.43 Å². The lowest BCUT2D eigenvalue weighted by Crippen LogP contribution is -2.40. The standard InChI is InChI=1S/C15H23IN2OSi/c1-15(2,3)20(5,6)19-10-11-7-8-13-12(9-11)14(16)17-18(13)4/h7-9H,10H2,1-6H3. The quantitative estimate of drug-likeness (QED) is 0.550. The molecule has 0 atom stereocenters. The Morgan fingerprint density at radius 2 is 1.95 bits per heavy atom. The Morgan fingerprint density at radius 1 is 1.30 bits per heavy atom. The maximum atomic E-state index is 6.28. The molecular weight excluding hydrogens is 379 g/mol. The van der Waals surface area contributed by atoms with E-state index in [0.717, 1.165) is 3.70 Å². The zero-order valence-electron chi connectivity index (χ0n) is 13.1. The molecule has 3 nitrogen and oxygen atoms in total. The molecule has 0 spiro atoms. The molecule has 0 amide bonds. The number of hydrogen-bond donors (Lipinski definition) is 0. The number of hydrogen-bond acceptors (Lipinski definition) is 2. The van der Waals surface area contributed by atoms with Gasteiger partial charge in [0.15, 0.2) is 8.32 Å². The van der Waals surface area contributed by atoms with E-state index in [2.05, 4.69) is 79.8 Å². The van der Waals surface area contributed by atoms with Crippen molar-refractivity contribution < 1.29 is 4.43 Å². The van der Waals surface area contributed by atoms with Gasteiger partial charge >= 0.3 is 0 Å². The molecular formula is C15H23IN2OSi. The van der Waals surface area contributed by atoms with Crippen molar-refractivity contribution in [1.82, 2.24) is 9.78 Å². The lowest BCUT2D eigenvalue weighted by molar-refractivity contribution is 0.276. The number of benzene rings is 1. The van der Waals surface area contributed by atoms with Crippen LogP contribution in [-0.2, 0) is 18.1 Å². The fourth-order valence-corrected chi connectivity index (χ4v) is 3.56. The highest BCUT2D eigenvalue weighted by molar-refractivity contribution is 14.1. The minimum absolute atomic E-state index is 0.250. The maximum Gasteiger partial charge on any atom is 0.192 e. The number of halogens is 1. The van der Waals surface area contributed by atoms with Crippen molar-refractivity contribution in [2.24, 2.45) is 7.05 Å². The van der Waals surface area contributed by atoms with Gasteiger partial charge in [-0.25, -0.2) is 0 Å². The Hall–Kier alpha value is -0.403. The molecule has 2 rings (SSSR count). The lowest BCUT2D eigenvalue weighted by atomic mass is 10.2. The predicted octanol–water partition coefficient (Wildman–Crippen LogP) is 4.70. The average Bonchev–Trinajstić information content (AvgIpc) is 2.61. The summed E-state index contributed by atoms with van der Waals surface area (Å²) in [6.45, 7) is 12.1. The fourth-order valence-electron chi connectivity index (χ4n) is 1.84. The Bertz CT molecular complexity index is 629. The molecule has 110 valence electrons. The van der Waals surface area contributed by atoms with Crippen LogP contribution in [0.2, 0.25) is 18.1 Å². The number of nitrogens with zero attached hydrogens (tertiary/aromatic N) is 2. The van der Waals surface area contributed by atoms with Crippen molar-refractivity contribution in [2.75, 3.05) is 0 Å². The number of rotatable bonds is 3. The third kappa shape index (κ3) is 3.09. The molecule has 1 heterocycles. The van der Waals surface area contributed by atoms with Crippen LogP contribution in [-0.4, -0.2) is 18.1 Å². The highest BCUT2D eigenvalue weighted by Gasteiger charge is 2.37. The Balaban J connectivity index is 2.21. The van der Waals surface area contributed by atoms with Crippen LogP contribution < -0.4 is 0 Å². The first kappa shape index (κ1) is 16.0. The van der Waals surface area contributed by atoms with Gasteiger partial charge in [-0.2, -0.15) is 5.10 Å². The van der Waals surface area contributed by atoms with Gasteiger partial charge in [0.25, 0.3) is 0 Å². The minimum atomic E-state index is -1.69. The van der Waals surface area contributed by atoms with Gasteiger partial charge in [-0.05, 0) is 58.4 Å². The van der Waals surface area contributed by atoms with Crippen molar-refractivity contribution in [3.63, 3.8) is 0 Å². The molecule has 0 aliphatic carbocycles. The van der Waals surface area contributed by atoms with Crippen molar-refractivity contribution in [3.8, 4) is 0 Å². The molecule has 0 bridgehead atoms. The highest BCUT2D eigenvalue weighted by Crippen LogP contribution is 2.37. The van der Waals surface area contributed by atoms with Gasteiger partial charge in [-0.1, -0.05) is 26.8 Å². The summed E-state index contributed by atoms with van der Waals surface area (Å²) >= 11 is 2.29. The molecule has 0 N–H and O–H groups in total. The Kier molecular flexibility index (Phi) is 4.33. The average molecular weight is 402 g/mol. The fraction of sp³-hybridized carbons (Fsp3) is 0.533. The molecule has 0 saturated heterocycles. The van der Waals surface area contributed by atoms with Crippen molar-refractivity contribution >= 4 is 41.8 Å². The summed E-state index contributed by atoms with van der Waals surface area (Å²) < 4.78 is 9.26. The zero-order valence-corrected chi connectivity index (χ0v) is 16.3. The van der Waals surface area contributed by atoms with Crippen LogP contribution in [0.4, 0.5) is 0 Å². The van der Waals surface area contributed by atoms with Crippen LogP contribution in [0.1, 0.15) is 26.3 Å². The molecule has 2 aromatic rings. The minimum Gasteiger partial charge on any atom is -0.413 e. The SMILES string of the molecule is Cn1nc(I)c2cc(CO[Si](C)(C)C(C)(C)C)ccc21. The van der Waals surface area contributed by atoms with Crippen molar-refractivity contribution in [1.29, 1.82) is 0 Å². The molecule has 0 unspecified atom stereocenters. The summed E-state index contributed by atoms with van der Waals surface area (Å²) in [5.74, 6) is 0. The van der Waals surface area contributed by atoms with Crippen molar-refractivity contribution in [3.05, 3.63) is 27.5 Å². The van der Waals surface area contributed by atoms with E-state index < -0.39 is 8.32 Å². The largest absolute Gasteiger partial charge is 0.413 e. The second-order valence-corrected chi connectivity index (χ2v) is 12.6. The van der Waals surface area contributed by atoms with E-state index in [-0.39, 0.29) is 5.04 Å². The van der Waals surface area contributed by atoms with Gasteiger partial charge in [-0.3, -0.25) is 4.68 Å². The third-order valence-corrected chi connectivity index (χ3v) is 9.55. The molecule has 0 radical (unpaired) electrons. The zero-order chi connectivity index (χ0) is 15.1. The van der Waals surface area contributed by atoms with Crippen molar-refractivity contribution in [2.45, 2.75) is 45.5 Å². The number of fused-ring (bicyclic) bond motifs is 1. The van der Waals surface area contributed by atoms with Gasteiger partial charge in [0.2, 0.25) is 0 Å². The molecule has 0 aliphatic rings. The molecule has 0 saturated carbocycles. The van der Waals surface area contributed by atoms with Crippen LogP contribution in [0.3, 0.4) is 0 Å². The summed E-state index contributed by atoms with van der Waals surface area (Å²) in [4.78, 5) is 0. The van der Waals surface area contributed by atoms with Gasteiger partial charge in [-0.15, -0.1) is 0 Å². The van der Waals surface area contributed by atoms with E-state index in [1.165, 1.54) is 16.5 Å². The van der Waals surface area contributed by atoms with Crippen LogP contribution in [0.25, 0.3) is 10.9 Å². The van der Waals surface area contributed by atoms with Gasteiger partial charge in [0.1, 0.15) is 3.70 Å². The first-order valence-electron chi connectivity index (χ1n) is 6.87. The molecule has 1 aromatic heterocycles. The number of aromatic nitrogens is 2. The molecule has 0 fully saturated rings. The summed E-state index contributed by atoms with van der Waals surface area (Å²) in [6.07, 6.45) is 0. The van der Waals surface area contributed by atoms with Crippen LogP contribution in [0.5, 0.6) is 0 Å². The van der Waals surface area contributed by atoms with E-state index in [4.69, 9.17) is 4.43 Å². The second kappa shape index (κ2) is 5.42. The van der Waals surface area contributed by atoms with E-state index in [9.17, 15) is 0 Å². The Labute approximate surface area is 136 Å². The van der Waals surface area contributed by atoms with Gasteiger partial charge in [0.05, 0.1) is 12.1 Å². The first-order chi connectivity index (χ1) is 9.12.